The highest BCUT2D eigenvalue weighted by molar-refractivity contribution is 6.33. The number of amides is 2. The average molecular weight is 495 g/mol. The minimum Gasteiger partial charge on any atom is -0.508 e. The molecule has 2 saturated heterocycles. The molecule has 3 fully saturated rings. The van der Waals surface area contributed by atoms with Gasteiger partial charge in [0.25, 0.3) is 5.91 Å². The number of hydrogen-bond acceptors (Lipinski definition) is 4. The number of phenolic OH excluding ortho intramolecular Hbond substituents is 1. The SMILES string of the molecule is C/C(=C\C[C@H]1C[C@H]2CO[C@@H](c3ccc(C(=O)NC4CCCC4)c(Cl)c3)N2C1=O)c1cccc(O)c1. The molecule has 3 aliphatic rings. The Morgan fingerprint density at radius 2 is 2.03 bits per heavy atom. The van der Waals surface area contributed by atoms with Gasteiger partial charge in [0.05, 0.1) is 23.2 Å². The molecule has 2 aromatic carbocycles. The summed E-state index contributed by atoms with van der Waals surface area (Å²) in [6.07, 6.45) is 7.29. The Balaban J connectivity index is 1.26. The maximum absolute atomic E-state index is 13.3. The van der Waals surface area contributed by atoms with Crippen LogP contribution in [-0.2, 0) is 9.53 Å². The smallest absolute Gasteiger partial charge is 0.253 e. The molecular weight excluding hydrogens is 464 g/mol. The second-order valence-electron chi connectivity index (χ2n) is 9.88. The summed E-state index contributed by atoms with van der Waals surface area (Å²) in [6.45, 7) is 2.48. The van der Waals surface area contributed by atoms with Crippen molar-refractivity contribution in [1.82, 2.24) is 10.2 Å². The summed E-state index contributed by atoms with van der Waals surface area (Å²) in [4.78, 5) is 27.8. The summed E-state index contributed by atoms with van der Waals surface area (Å²) < 4.78 is 6.00. The van der Waals surface area contributed by atoms with Gasteiger partial charge in [-0.1, -0.05) is 48.7 Å². The summed E-state index contributed by atoms with van der Waals surface area (Å²) in [7, 11) is 0. The number of phenols is 1. The number of carbonyl (C=O) groups excluding carboxylic acids is 2. The van der Waals surface area contributed by atoms with Crippen molar-refractivity contribution in [1.29, 1.82) is 0 Å². The van der Waals surface area contributed by atoms with Gasteiger partial charge in [-0.25, -0.2) is 0 Å². The largest absolute Gasteiger partial charge is 0.508 e. The molecule has 184 valence electrons. The number of carbonyl (C=O) groups is 2. The standard InChI is InChI=1S/C28H31ClN2O4/c1-17(18-5-4-8-23(32)14-18)9-10-19-13-22-16-35-28(31(22)27(19)34)20-11-12-24(25(29)15-20)26(33)30-21-6-2-3-7-21/h4-5,8-9,11-12,14-15,19,21-22,28,32H,2-3,6-7,10,13,16H2,1H3,(H,30,33)/b17-9+/t19-,22-,28-/m0/s1. The third kappa shape index (κ3) is 4.95. The minimum atomic E-state index is -0.488. The number of aromatic hydroxyl groups is 1. The maximum Gasteiger partial charge on any atom is 0.253 e. The van der Waals surface area contributed by atoms with Crippen molar-refractivity contribution in [2.24, 2.45) is 5.92 Å². The number of ether oxygens (including phenoxy) is 1. The van der Waals surface area contributed by atoms with Crippen LogP contribution in [0.3, 0.4) is 0 Å². The van der Waals surface area contributed by atoms with Crippen LogP contribution in [-0.4, -0.2) is 40.5 Å². The zero-order chi connectivity index (χ0) is 24.5. The molecule has 35 heavy (non-hydrogen) atoms. The molecule has 2 aromatic rings. The summed E-state index contributed by atoms with van der Waals surface area (Å²) in [5, 5.41) is 13.2. The van der Waals surface area contributed by atoms with Crippen molar-refractivity contribution in [2.45, 2.75) is 63.8 Å². The highest BCUT2D eigenvalue weighted by Crippen LogP contribution is 2.41. The molecule has 2 amide bonds. The third-order valence-corrected chi connectivity index (χ3v) is 7.79. The molecule has 1 aliphatic carbocycles. The number of nitrogens with one attached hydrogen (secondary N) is 1. The van der Waals surface area contributed by atoms with Gasteiger partial charge in [0.1, 0.15) is 5.75 Å². The van der Waals surface area contributed by atoms with Gasteiger partial charge in [-0.05, 0) is 68.0 Å². The van der Waals surface area contributed by atoms with Gasteiger partial charge >= 0.3 is 0 Å². The lowest BCUT2D eigenvalue weighted by Gasteiger charge is -2.24. The first-order valence-corrected chi connectivity index (χ1v) is 12.8. The normalized spacial score (nSPS) is 24.7. The fraction of sp³-hybridized carbons (Fsp3) is 0.429. The van der Waals surface area contributed by atoms with E-state index in [4.69, 9.17) is 16.3 Å². The van der Waals surface area contributed by atoms with Crippen molar-refractivity contribution in [3.63, 3.8) is 0 Å². The summed E-state index contributed by atoms with van der Waals surface area (Å²) in [5.74, 6) is 0.0561. The van der Waals surface area contributed by atoms with Gasteiger partial charge in [0, 0.05) is 17.5 Å². The molecule has 0 unspecified atom stereocenters. The van der Waals surface area contributed by atoms with E-state index >= 15 is 0 Å². The number of allylic oxidation sites excluding steroid dienone is 2. The number of rotatable bonds is 6. The first-order valence-electron chi connectivity index (χ1n) is 12.4. The number of benzene rings is 2. The van der Waals surface area contributed by atoms with Crippen molar-refractivity contribution in [2.75, 3.05) is 6.61 Å². The van der Waals surface area contributed by atoms with E-state index in [1.807, 2.05) is 30.0 Å². The fourth-order valence-electron chi connectivity index (χ4n) is 5.52. The van der Waals surface area contributed by atoms with Crippen molar-refractivity contribution in [3.05, 3.63) is 70.3 Å². The van der Waals surface area contributed by atoms with Crippen LogP contribution in [0.5, 0.6) is 5.75 Å². The first-order chi connectivity index (χ1) is 16.9. The molecule has 0 radical (unpaired) electrons. The van der Waals surface area contributed by atoms with Crippen LogP contribution < -0.4 is 5.32 Å². The number of halogens is 1. The van der Waals surface area contributed by atoms with Gasteiger partial charge < -0.3 is 20.1 Å². The molecule has 5 rings (SSSR count). The molecule has 3 atom stereocenters. The van der Waals surface area contributed by atoms with Gasteiger partial charge in [0.2, 0.25) is 5.91 Å². The number of hydrogen-bond donors (Lipinski definition) is 2. The van der Waals surface area contributed by atoms with Gasteiger partial charge in [-0.15, -0.1) is 0 Å². The average Bonchev–Trinajstić information content (AvgIpc) is 3.56. The van der Waals surface area contributed by atoms with Crippen molar-refractivity contribution in [3.8, 4) is 5.75 Å². The van der Waals surface area contributed by atoms with E-state index in [2.05, 4.69) is 11.4 Å². The van der Waals surface area contributed by atoms with Crippen LogP contribution in [0.15, 0.2) is 48.5 Å². The van der Waals surface area contributed by atoms with E-state index in [0.717, 1.165) is 48.8 Å². The maximum atomic E-state index is 13.3. The first kappa shape index (κ1) is 23.9. The Hall–Kier alpha value is -2.83. The van der Waals surface area contributed by atoms with Crippen LogP contribution in [0.25, 0.3) is 5.57 Å². The van der Waals surface area contributed by atoms with E-state index in [1.54, 1.807) is 24.3 Å². The second kappa shape index (κ2) is 10.0. The summed E-state index contributed by atoms with van der Waals surface area (Å²) in [6, 6.07) is 12.7. The van der Waals surface area contributed by atoms with E-state index in [9.17, 15) is 14.7 Å². The highest BCUT2D eigenvalue weighted by Gasteiger charge is 2.47. The second-order valence-corrected chi connectivity index (χ2v) is 10.3. The highest BCUT2D eigenvalue weighted by atomic mass is 35.5. The molecule has 0 aromatic heterocycles. The molecule has 0 bridgehead atoms. The monoisotopic (exact) mass is 494 g/mol. The zero-order valence-electron chi connectivity index (χ0n) is 19.9. The van der Waals surface area contributed by atoms with E-state index in [-0.39, 0.29) is 35.6 Å². The predicted molar refractivity (Wildman–Crippen MR) is 135 cm³/mol. The van der Waals surface area contributed by atoms with Gasteiger partial charge in [0.15, 0.2) is 6.23 Å². The van der Waals surface area contributed by atoms with E-state index < -0.39 is 6.23 Å². The Morgan fingerprint density at radius 1 is 1.23 bits per heavy atom. The lowest BCUT2D eigenvalue weighted by atomic mass is 9.98. The van der Waals surface area contributed by atoms with Gasteiger partial charge in [-0.2, -0.15) is 0 Å². The van der Waals surface area contributed by atoms with Crippen molar-refractivity contribution >= 4 is 29.0 Å². The Bertz CT molecular complexity index is 1160. The molecule has 2 N–H and O–H groups in total. The van der Waals surface area contributed by atoms with Crippen LogP contribution in [0.1, 0.15) is 73.2 Å². The molecule has 1 saturated carbocycles. The molecule has 0 spiro atoms. The quantitative estimate of drug-likeness (QED) is 0.559. The van der Waals surface area contributed by atoms with Gasteiger partial charge in [-0.3, -0.25) is 9.59 Å². The summed E-state index contributed by atoms with van der Waals surface area (Å²) in [5.41, 5.74) is 3.22. The van der Waals surface area contributed by atoms with Crippen LogP contribution in [0.4, 0.5) is 0 Å². The van der Waals surface area contributed by atoms with Crippen LogP contribution in [0.2, 0.25) is 5.02 Å². The lowest BCUT2D eigenvalue weighted by Crippen LogP contribution is -2.33. The number of nitrogens with zero attached hydrogens (tertiary/aromatic N) is 1. The molecule has 2 aliphatic heterocycles. The van der Waals surface area contributed by atoms with E-state index in [0.29, 0.717) is 23.6 Å². The topological polar surface area (TPSA) is 78.9 Å². The summed E-state index contributed by atoms with van der Waals surface area (Å²) >= 11 is 6.50. The Morgan fingerprint density at radius 3 is 2.77 bits per heavy atom. The van der Waals surface area contributed by atoms with Crippen molar-refractivity contribution < 1.29 is 19.4 Å². The molecule has 6 nitrogen and oxygen atoms in total. The third-order valence-electron chi connectivity index (χ3n) is 7.48. The molecule has 2 heterocycles. The Kier molecular flexibility index (Phi) is 6.85. The number of fused-ring (bicyclic) bond motifs is 1. The lowest BCUT2D eigenvalue weighted by molar-refractivity contribution is -0.137. The van der Waals surface area contributed by atoms with Crippen LogP contribution >= 0.6 is 11.6 Å². The molecular formula is C28H31ClN2O4. The Labute approximate surface area is 210 Å². The predicted octanol–water partition coefficient (Wildman–Crippen LogP) is 5.46. The molecule has 7 heteroatoms. The minimum absolute atomic E-state index is 0.0380. The fourth-order valence-corrected chi connectivity index (χ4v) is 5.79. The van der Waals surface area contributed by atoms with Crippen LogP contribution in [0, 0.1) is 5.92 Å². The zero-order valence-corrected chi connectivity index (χ0v) is 20.6. The van der Waals surface area contributed by atoms with E-state index in [1.165, 1.54) is 0 Å².